The number of benzene rings is 2. The second-order valence-corrected chi connectivity index (χ2v) is 7.96. The molecule has 1 heterocycles. The topological polar surface area (TPSA) is 33.7 Å². The molecule has 1 aliphatic rings. The van der Waals surface area contributed by atoms with Gasteiger partial charge < -0.3 is 14.8 Å². The Morgan fingerprint density at radius 2 is 1.71 bits per heavy atom. The maximum absolute atomic E-state index is 6.16. The Bertz CT molecular complexity index is 712. The van der Waals surface area contributed by atoms with Crippen LogP contribution in [0.1, 0.15) is 43.9 Å². The minimum absolute atomic E-state index is 0.425. The molecule has 0 unspecified atom stereocenters. The van der Waals surface area contributed by atoms with Gasteiger partial charge in [-0.2, -0.15) is 0 Å². The number of hydrogen-bond acceptors (Lipinski definition) is 4. The Labute approximate surface area is 169 Å². The van der Waals surface area contributed by atoms with Crippen LogP contribution in [0.4, 0.5) is 0 Å². The summed E-state index contributed by atoms with van der Waals surface area (Å²) in [5.41, 5.74) is 2.49. The normalized spacial score (nSPS) is 16.1. The fraction of sp³-hybridized carbons (Fsp3) is 0.500. The van der Waals surface area contributed by atoms with E-state index in [1.54, 1.807) is 7.11 Å². The molecule has 2 aromatic rings. The van der Waals surface area contributed by atoms with Crippen LogP contribution in [0.3, 0.4) is 0 Å². The Hall–Kier alpha value is -2.04. The van der Waals surface area contributed by atoms with Gasteiger partial charge in [-0.15, -0.1) is 0 Å². The van der Waals surface area contributed by atoms with Crippen molar-refractivity contribution in [3.63, 3.8) is 0 Å². The molecular formula is C24H34N2O2. The SMILES string of the molecule is COc1ccc([C@@H](CCC(C)C)N2CCNCC2)cc1OCc1ccccc1. The fourth-order valence-corrected chi connectivity index (χ4v) is 3.79. The standard InChI is InChI=1S/C24H34N2O2/c1-19(2)9-11-22(26-15-13-25-14-16-26)21-10-12-23(27-3)24(17-21)28-18-20-7-5-4-6-8-20/h4-8,10,12,17,19,22,25H,9,11,13-16,18H2,1-3H3/t22-/m1/s1. The van der Waals surface area contributed by atoms with E-state index in [2.05, 4.69) is 54.4 Å². The summed E-state index contributed by atoms with van der Waals surface area (Å²) in [4.78, 5) is 2.61. The van der Waals surface area contributed by atoms with Crippen LogP contribution in [-0.4, -0.2) is 38.2 Å². The summed E-state index contributed by atoms with van der Waals surface area (Å²) in [6, 6.07) is 17.2. The van der Waals surface area contributed by atoms with Crippen molar-refractivity contribution in [3.05, 3.63) is 59.7 Å². The van der Waals surface area contributed by atoms with Crippen molar-refractivity contribution >= 4 is 0 Å². The summed E-state index contributed by atoms with van der Waals surface area (Å²) in [6.07, 6.45) is 2.39. The Balaban J connectivity index is 1.80. The van der Waals surface area contributed by atoms with E-state index in [9.17, 15) is 0 Å². The molecule has 0 spiro atoms. The lowest BCUT2D eigenvalue weighted by Gasteiger charge is -2.36. The first-order valence-electron chi connectivity index (χ1n) is 10.5. The molecule has 0 amide bonds. The molecule has 0 radical (unpaired) electrons. The lowest BCUT2D eigenvalue weighted by Crippen LogP contribution is -2.45. The molecule has 1 atom stereocenters. The highest BCUT2D eigenvalue weighted by Gasteiger charge is 2.23. The molecule has 1 N–H and O–H groups in total. The van der Waals surface area contributed by atoms with Gasteiger partial charge in [0.1, 0.15) is 6.61 Å². The molecule has 2 aromatic carbocycles. The van der Waals surface area contributed by atoms with Crippen molar-refractivity contribution < 1.29 is 9.47 Å². The van der Waals surface area contributed by atoms with E-state index in [1.165, 1.54) is 18.4 Å². The Morgan fingerprint density at radius 1 is 0.964 bits per heavy atom. The van der Waals surface area contributed by atoms with Crippen LogP contribution in [0.25, 0.3) is 0 Å². The van der Waals surface area contributed by atoms with Crippen LogP contribution < -0.4 is 14.8 Å². The Kier molecular flexibility index (Phi) is 7.75. The number of nitrogens with one attached hydrogen (secondary N) is 1. The van der Waals surface area contributed by atoms with Crippen molar-refractivity contribution in [2.75, 3.05) is 33.3 Å². The number of ether oxygens (including phenoxy) is 2. The third-order valence-corrected chi connectivity index (χ3v) is 5.42. The maximum atomic E-state index is 6.16. The molecule has 28 heavy (non-hydrogen) atoms. The van der Waals surface area contributed by atoms with Gasteiger partial charge in [-0.1, -0.05) is 50.2 Å². The molecule has 0 bridgehead atoms. The maximum Gasteiger partial charge on any atom is 0.161 e. The second-order valence-electron chi connectivity index (χ2n) is 7.96. The van der Waals surface area contributed by atoms with Gasteiger partial charge in [-0.05, 0) is 42.0 Å². The zero-order chi connectivity index (χ0) is 19.8. The van der Waals surface area contributed by atoms with Gasteiger partial charge in [0.25, 0.3) is 0 Å². The average molecular weight is 383 g/mol. The third kappa shape index (κ3) is 5.73. The highest BCUT2D eigenvalue weighted by molar-refractivity contribution is 5.44. The van der Waals surface area contributed by atoms with Gasteiger partial charge in [-0.3, -0.25) is 4.90 Å². The first-order chi connectivity index (χ1) is 13.7. The van der Waals surface area contributed by atoms with Crippen molar-refractivity contribution in [3.8, 4) is 11.5 Å². The van der Waals surface area contributed by atoms with E-state index in [1.807, 2.05) is 18.2 Å². The predicted octanol–water partition coefficient (Wildman–Crippen LogP) is 4.66. The summed E-state index contributed by atoms with van der Waals surface area (Å²) in [5.74, 6) is 2.33. The van der Waals surface area contributed by atoms with E-state index >= 15 is 0 Å². The molecule has 1 aliphatic heterocycles. The lowest BCUT2D eigenvalue weighted by atomic mass is 9.95. The zero-order valence-corrected chi connectivity index (χ0v) is 17.5. The first-order valence-corrected chi connectivity index (χ1v) is 10.5. The van der Waals surface area contributed by atoms with Crippen molar-refractivity contribution in [2.45, 2.75) is 39.3 Å². The van der Waals surface area contributed by atoms with Gasteiger partial charge >= 0.3 is 0 Å². The van der Waals surface area contributed by atoms with Crippen LogP contribution in [-0.2, 0) is 6.61 Å². The summed E-state index contributed by atoms with van der Waals surface area (Å²) in [7, 11) is 1.71. The van der Waals surface area contributed by atoms with Gasteiger partial charge in [0.05, 0.1) is 7.11 Å². The number of hydrogen-bond donors (Lipinski definition) is 1. The molecule has 1 saturated heterocycles. The molecule has 1 fully saturated rings. The van der Waals surface area contributed by atoms with Crippen molar-refractivity contribution in [1.82, 2.24) is 10.2 Å². The number of methoxy groups -OCH3 is 1. The quantitative estimate of drug-likeness (QED) is 0.684. The Morgan fingerprint density at radius 3 is 2.39 bits per heavy atom. The van der Waals surface area contributed by atoms with Crippen LogP contribution in [0.15, 0.2) is 48.5 Å². The van der Waals surface area contributed by atoms with E-state index in [4.69, 9.17) is 9.47 Å². The minimum Gasteiger partial charge on any atom is -0.493 e. The first kappa shape index (κ1) is 20.7. The number of piperazine rings is 1. The van der Waals surface area contributed by atoms with Gasteiger partial charge in [-0.25, -0.2) is 0 Å². The predicted molar refractivity (Wildman–Crippen MR) is 115 cm³/mol. The fourth-order valence-electron chi connectivity index (χ4n) is 3.79. The van der Waals surface area contributed by atoms with Crippen LogP contribution in [0.5, 0.6) is 11.5 Å². The molecule has 4 nitrogen and oxygen atoms in total. The van der Waals surface area contributed by atoms with Crippen molar-refractivity contribution in [1.29, 1.82) is 0 Å². The van der Waals surface area contributed by atoms with Gasteiger partial charge in [0, 0.05) is 32.2 Å². The van der Waals surface area contributed by atoms with Crippen LogP contribution >= 0.6 is 0 Å². The third-order valence-electron chi connectivity index (χ3n) is 5.42. The molecule has 4 heteroatoms. The van der Waals surface area contributed by atoms with E-state index < -0.39 is 0 Å². The number of rotatable bonds is 9. The van der Waals surface area contributed by atoms with E-state index in [0.717, 1.165) is 43.2 Å². The molecular weight excluding hydrogens is 348 g/mol. The molecule has 0 aliphatic carbocycles. The smallest absolute Gasteiger partial charge is 0.161 e. The molecule has 3 rings (SSSR count). The van der Waals surface area contributed by atoms with Gasteiger partial charge in [0.15, 0.2) is 11.5 Å². The van der Waals surface area contributed by atoms with Crippen LogP contribution in [0.2, 0.25) is 0 Å². The summed E-state index contributed by atoms with van der Waals surface area (Å²) in [6.45, 7) is 9.46. The van der Waals surface area contributed by atoms with Crippen molar-refractivity contribution in [2.24, 2.45) is 5.92 Å². The average Bonchev–Trinajstić information content (AvgIpc) is 2.74. The molecule has 152 valence electrons. The van der Waals surface area contributed by atoms with Gasteiger partial charge in [0.2, 0.25) is 0 Å². The molecule has 0 aromatic heterocycles. The largest absolute Gasteiger partial charge is 0.493 e. The molecule has 0 saturated carbocycles. The van der Waals surface area contributed by atoms with Crippen LogP contribution in [0, 0.1) is 5.92 Å². The van der Waals surface area contributed by atoms with E-state index in [-0.39, 0.29) is 0 Å². The lowest BCUT2D eigenvalue weighted by molar-refractivity contribution is 0.159. The summed E-state index contributed by atoms with van der Waals surface area (Å²) in [5, 5.41) is 3.47. The highest BCUT2D eigenvalue weighted by atomic mass is 16.5. The monoisotopic (exact) mass is 382 g/mol. The summed E-state index contributed by atoms with van der Waals surface area (Å²) < 4.78 is 11.7. The minimum atomic E-state index is 0.425. The zero-order valence-electron chi connectivity index (χ0n) is 17.5. The number of nitrogens with zero attached hydrogens (tertiary/aromatic N) is 1. The van der Waals surface area contributed by atoms with E-state index in [0.29, 0.717) is 18.6 Å². The highest BCUT2D eigenvalue weighted by Crippen LogP contribution is 2.35. The second kappa shape index (κ2) is 10.5. The summed E-state index contributed by atoms with van der Waals surface area (Å²) >= 11 is 0.